The van der Waals surface area contributed by atoms with E-state index in [1.807, 2.05) is 18.2 Å². The highest BCUT2D eigenvalue weighted by atomic mass is 32.1. The second-order valence-corrected chi connectivity index (χ2v) is 4.95. The number of carbonyl (C=O) groups excluding carboxylic acids is 1. The van der Waals surface area contributed by atoms with Gasteiger partial charge in [-0.25, -0.2) is 9.97 Å². The Hall–Kier alpha value is -2.47. The van der Waals surface area contributed by atoms with Crippen molar-refractivity contribution in [1.29, 1.82) is 0 Å². The van der Waals surface area contributed by atoms with Crippen molar-refractivity contribution < 1.29 is 4.79 Å². The molecule has 5 nitrogen and oxygen atoms in total. The van der Waals surface area contributed by atoms with E-state index in [-0.39, 0.29) is 12.2 Å². The molecule has 0 amide bonds. The minimum absolute atomic E-state index is 0.0157. The largest absolute Gasteiger partial charge is 0.293 e. The molecule has 0 bridgehead atoms. The third-order valence-corrected chi connectivity index (χ3v) is 3.51. The van der Waals surface area contributed by atoms with Crippen LogP contribution in [0.25, 0.3) is 11.3 Å². The Balaban J connectivity index is 1.75. The summed E-state index contributed by atoms with van der Waals surface area (Å²) in [5.74, 6) is 0.487. The molecule has 0 aliphatic rings. The van der Waals surface area contributed by atoms with Crippen molar-refractivity contribution >= 4 is 17.1 Å². The highest BCUT2D eigenvalue weighted by Crippen LogP contribution is 2.14. The summed E-state index contributed by atoms with van der Waals surface area (Å²) in [5, 5.41) is 0. The van der Waals surface area contributed by atoms with Crippen LogP contribution in [0, 0.1) is 0 Å². The van der Waals surface area contributed by atoms with Gasteiger partial charge < -0.3 is 0 Å². The van der Waals surface area contributed by atoms with E-state index >= 15 is 0 Å². The van der Waals surface area contributed by atoms with Crippen LogP contribution < -0.4 is 0 Å². The number of ketones is 1. The van der Waals surface area contributed by atoms with Gasteiger partial charge in [0.2, 0.25) is 0 Å². The van der Waals surface area contributed by atoms with Crippen LogP contribution in [0.3, 0.4) is 0 Å². The molecule has 3 rings (SSSR count). The van der Waals surface area contributed by atoms with Gasteiger partial charge in [0.1, 0.15) is 5.82 Å². The maximum Gasteiger partial charge on any atom is 0.181 e. The number of carbonyl (C=O) groups is 1. The Morgan fingerprint density at radius 2 is 1.95 bits per heavy atom. The van der Waals surface area contributed by atoms with E-state index in [1.54, 1.807) is 30.3 Å². The molecule has 0 saturated carbocycles. The van der Waals surface area contributed by atoms with Crippen molar-refractivity contribution in [2.45, 2.75) is 6.42 Å². The van der Waals surface area contributed by atoms with Crippen molar-refractivity contribution in [1.82, 2.24) is 19.9 Å². The summed E-state index contributed by atoms with van der Waals surface area (Å²) in [6, 6.07) is 5.65. The first-order valence-electron chi connectivity index (χ1n) is 5.97. The quantitative estimate of drug-likeness (QED) is 0.687. The van der Waals surface area contributed by atoms with Crippen molar-refractivity contribution in [3.63, 3.8) is 0 Å². The summed E-state index contributed by atoms with van der Waals surface area (Å²) in [6.07, 6.45) is 6.84. The molecule has 0 atom stereocenters. The van der Waals surface area contributed by atoms with E-state index in [9.17, 15) is 4.79 Å². The number of pyridine rings is 1. The molecule has 98 valence electrons. The SMILES string of the molecule is O=C(Cc1ncc(-c2ccccn2)cn1)c1cncs1. The van der Waals surface area contributed by atoms with Gasteiger partial charge in [-0.1, -0.05) is 6.07 Å². The zero-order valence-electron chi connectivity index (χ0n) is 10.4. The van der Waals surface area contributed by atoms with Crippen LogP contribution in [0.4, 0.5) is 0 Å². The van der Waals surface area contributed by atoms with E-state index in [0.29, 0.717) is 10.7 Å². The zero-order valence-corrected chi connectivity index (χ0v) is 11.2. The first-order chi connectivity index (χ1) is 9.83. The number of aromatic nitrogens is 4. The van der Waals surface area contributed by atoms with Gasteiger partial charge in [0.05, 0.1) is 22.5 Å². The Bertz CT molecular complexity index is 696. The average Bonchev–Trinajstić information content (AvgIpc) is 3.03. The predicted octanol–water partition coefficient (Wildman–Crippen LogP) is 2.42. The van der Waals surface area contributed by atoms with Crippen molar-refractivity contribution in [2.75, 3.05) is 0 Å². The van der Waals surface area contributed by atoms with Gasteiger partial charge in [-0.05, 0) is 12.1 Å². The smallest absolute Gasteiger partial charge is 0.181 e. The minimum Gasteiger partial charge on any atom is -0.293 e. The van der Waals surface area contributed by atoms with E-state index in [1.165, 1.54) is 11.3 Å². The van der Waals surface area contributed by atoms with Crippen LogP contribution in [0.5, 0.6) is 0 Å². The number of rotatable bonds is 4. The molecule has 20 heavy (non-hydrogen) atoms. The fourth-order valence-corrected chi connectivity index (χ4v) is 2.26. The van der Waals surface area contributed by atoms with E-state index in [4.69, 9.17) is 0 Å². The summed E-state index contributed by atoms with van der Waals surface area (Å²) in [7, 11) is 0. The molecule has 3 heterocycles. The van der Waals surface area contributed by atoms with E-state index in [2.05, 4.69) is 19.9 Å². The van der Waals surface area contributed by atoms with Crippen LogP contribution in [-0.4, -0.2) is 25.7 Å². The van der Waals surface area contributed by atoms with Crippen molar-refractivity contribution in [2.24, 2.45) is 0 Å². The Kier molecular flexibility index (Phi) is 3.56. The predicted molar refractivity (Wildman–Crippen MR) is 75.4 cm³/mol. The van der Waals surface area contributed by atoms with Gasteiger partial charge in [0, 0.05) is 30.4 Å². The molecule has 3 aromatic rings. The topological polar surface area (TPSA) is 68.6 Å². The molecule has 0 saturated heterocycles. The van der Waals surface area contributed by atoms with Gasteiger partial charge in [-0.15, -0.1) is 11.3 Å². The maximum atomic E-state index is 11.9. The lowest BCUT2D eigenvalue weighted by atomic mass is 10.2. The van der Waals surface area contributed by atoms with Gasteiger partial charge in [-0.2, -0.15) is 0 Å². The second kappa shape index (κ2) is 5.66. The average molecular weight is 282 g/mol. The molecule has 0 radical (unpaired) electrons. The van der Waals surface area contributed by atoms with Crippen LogP contribution in [0.15, 0.2) is 48.5 Å². The van der Waals surface area contributed by atoms with Crippen molar-refractivity contribution in [3.05, 3.63) is 59.2 Å². The minimum atomic E-state index is -0.0157. The third kappa shape index (κ3) is 2.75. The monoisotopic (exact) mass is 282 g/mol. The lowest BCUT2D eigenvalue weighted by molar-refractivity contribution is 0.0994. The molecule has 0 aromatic carbocycles. The van der Waals surface area contributed by atoms with Gasteiger partial charge in [0.25, 0.3) is 0 Å². The Labute approximate surface area is 119 Å². The number of nitrogens with zero attached hydrogens (tertiary/aromatic N) is 4. The van der Waals surface area contributed by atoms with Crippen LogP contribution in [0.1, 0.15) is 15.5 Å². The standard InChI is InChI=1S/C14H10N4OS/c19-12(13-8-15-9-20-13)5-14-17-6-10(7-18-14)11-3-1-2-4-16-11/h1-4,6-9H,5H2. The molecule has 0 spiro atoms. The summed E-state index contributed by atoms with van der Waals surface area (Å²) in [6.45, 7) is 0. The molecule has 0 unspecified atom stereocenters. The molecular formula is C14H10N4OS. The molecule has 6 heteroatoms. The molecular weight excluding hydrogens is 272 g/mol. The normalized spacial score (nSPS) is 10.4. The number of hydrogen-bond donors (Lipinski definition) is 0. The Morgan fingerprint density at radius 3 is 2.60 bits per heavy atom. The first-order valence-corrected chi connectivity index (χ1v) is 6.85. The Morgan fingerprint density at radius 1 is 1.10 bits per heavy atom. The summed E-state index contributed by atoms with van der Waals surface area (Å²) < 4.78 is 0. The highest BCUT2D eigenvalue weighted by Gasteiger charge is 2.10. The summed E-state index contributed by atoms with van der Waals surface area (Å²) >= 11 is 1.32. The van der Waals surface area contributed by atoms with Crippen LogP contribution in [0.2, 0.25) is 0 Å². The highest BCUT2D eigenvalue weighted by molar-refractivity contribution is 7.11. The maximum absolute atomic E-state index is 11.9. The van der Waals surface area contributed by atoms with Crippen molar-refractivity contribution in [3.8, 4) is 11.3 Å². The fraction of sp³-hybridized carbons (Fsp3) is 0.0714. The molecule has 0 aliphatic heterocycles. The number of thiazole rings is 1. The van der Waals surface area contributed by atoms with Crippen LogP contribution in [-0.2, 0) is 6.42 Å². The zero-order chi connectivity index (χ0) is 13.8. The number of hydrogen-bond acceptors (Lipinski definition) is 6. The lowest BCUT2D eigenvalue weighted by Crippen LogP contribution is -2.05. The van der Waals surface area contributed by atoms with Gasteiger partial charge in [-0.3, -0.25) is 14.8 Å². The third-order valence-electron chi connectivity index (χ3n) is 2.69. The van der Waals surface area contributed by atoms with Crippen LogP contribution >= 0.6 is 11.3 Å². The summed E-state index contributed by atoms with van der Waals surface area (Å²) in [5.41, 5.74) is 3.28. The van der Waals surface area contributed by atoms with Gasteiger partial charge >= 0.3 is 0 Å². The van der Waals surface area contributed by atoms with E-state index in [0.717, 1.165) is 11.3 Å². The number of Topliss-reactive ketones (excluding diaryl/α,β-unsaturated/α-hetero) is 1. The molecule has 0 aliphatic carbocycles. The van der Waals surface area contributed by atoms with E-state index < -0.39 is 0 Å². The first kappa shape index (κ1) is 12.6. The molecule has 3 aromatic heterocycles. The van der Waals surface area contributed by atoms with Gasteiger partial charge in [0.15, 0.2) is 5.78 Å². The lowest BCUT2D eigenvalue weighted by Gasteiger charge is -2.01. The molecule has 0 fully saturated rings. The second-order valence-electron chi connectivity index (χ2n) is 4.07. The fourth-order valence-electron chi connectivity index (χ4n) is 1.70. The molecule has 0 N–H and O–H groups in total. The summed E-state index contributed by atoms with van der Waals surface area (Å²) in [4.78, 5) is 29.1.